The number of esters is 3. The normalized spacial score (nSPS) is 26.4. The molecule has 3 heterocycles. The topological polar surface area (TPSA) is 124 Å². The van der Waals surface area contributed by atoms with Gasteiger partial charge in [0.25, 0.3) is 0 Å². The van der Waals surface area contributed by atoms with Gasteiger partial charge in [-0.1, -0.05) is 0 Å². The van der Waals surface area contributed by atoms with Crippen molar-refractivity contribution in [2.45, 2.75) is 58.9 Å². The van der Waals surface area contributed by atoms with Crippen LogP contribution in [0.25, 0.3) is 0 Å². The molecule has 0 saturated heterocycles. The lowest BCUT2D eigenvalue weighted by Crippen LogP contribution is -2.34. The van der Waals surface area contributed by atoms with Crippen LogP contribution in [0.15, 0.2) is 36.4 Å². The molecule has 0 spiro atoms. The summed E-state index contributed by atoms with van der Waals surface area (Å²) in [4.78, 5) is 38.6. The van der Waals surface area contributed by atoms with Crippen molar-refractivity contribution < 1.29 is 59.9 Å². The minimum atomic E-state index is -5.30. The monoisotopic (exact) mass is 632 g/mol. The van der Waals surface area contributed by atoms with Gasteiger partial charge in [0.1, 0.15) is 17.5 Å². The summed E-state index contributed by atoms with van der Waals surface area (Å²) in [5, 5.41) is 0. The van der Waals surface area contributed by atoms with Crippen molar-refractivity contribution in [3.05, 3.63) is 104 Å². The van der Waals surface area contributed by atoms with E-state index in [1.807, 2.05) is 0 Å². The number of carbonyl (C=O) groups excluding carboxylic acids is 3. The van der Waals surface area contributed by atoms with E-state index in [4.69, 9.17) is 27.8 Å². The first-order valence-electron chi connectivity index (χ1n) is 13.2. The fourth-order valence-electron chi connectivity index (χ4n) is 5.73. The molecular formula is C30H24F3O10P. The first-order chi connectivity index (χ1) is 20.4. The standard InChI is InChI=1S/C30H24F3O10P/c1-13-19(31)10-7-16-22(13)25(34)38-28(16,4)41-44(37,42-29(5)17-8-11-20(32)14(2)23(17)26(35)39-29)43-30(6)18-9-12-21(33)15(3)24(18)27(36)40-30/h7-12H,1-6H3. The molecule has 0 bridgehead atoms. The molecule has 0 fully saturated rings. The third kappa shape index (κ3) is 4.29. The van der Waals surface area contributed by atoms with E-state index in [2.05, 4.69) is 0 Å². The predicted molar refractivity (Wildman–Crippen MR) is 143 cm³/mol. The van der Waals surface area contributed by atoms with E-state index in [0.717, 1.165) is 18.2 Å². The van der Waals surface area contributed by atoms with Gasteiger partial charge in [-0.3, -0.25) is 0 Å². The van der Waals surface area contributed by atoms with Crippen LogP contribution in [0, 0.1) is 38.2 Å². The fourth-order valence-corrected chi connectivity index (χ4v) is 7.53. The lowest BCUT2D eigenvalue weighted by Gasteiger charge is -2.36. The average molecular weight is 632 g/mol. The maximum absolute atomic E-state index is 14.8. The van der Waals surface area contributed by atoms with E-state index < -0.39 is 60.5 Å². The minimum absolute atomic E-state index is 0.0346. The Balaban J connectivity index is 1.48. The summed E-state index contributed by atoms with van der Waals surface area (Å²) >= 11 is 0. The number of carbonyl (C=O) groups is 3. The Hall–Kier alpha value is -4.03. The summed E-state index contributed by atoms with van der Waals surface area (Å²) < 4.78 is 91.7. The molecule has 6 rings (SSSR count). The van der Waals surface area contributed by atoms with Crippen molar-refractivity contribution in [3.8, 4) is 0 Å². The SMILES string of the molecule is Cc1c(F)ccc2c1C(=O)OC2(C)OP(=O)(OC1(C)OC(=O)c2c1ccc(F)c2C)OC1(C)OC(=O)c2c1ccc(F)c2C. The molecule has 44 heavy (non-hydrogen) atoms. The molecule has 0 aliphatic carbocycles. The molecule has 0 aromatic heterocycles. The molecule has 3 aliphatic heterocycles. The summed E-state index contributed by atoms with van der Waals surface area (Å²) in [7, 11) is -5.30. The Bertz CT molecular complexity index is 1680. The molecule has 0 radical (unpaired) electrons. The van der Waals surface area contributed by atoms with Gasteiger partial charge in [-0.05, 0) is 73.9 Å². The van der Waals surface area contributed by atoms with Crippen molar-refractivity contribution in [3.63, 3.8) is 0 Å². The fraction of sp³-hybridized carbons (Fsp3) is 0.300. The van der Waals surface area contributed by atoms with Crippen LogP contribution in [-0.4, -0.2) is 17.9 Å². The van der Waals surface area contributed by atoms with Gasteiger partial charge < -0.3 is 14.2 Å². The van der Waals surface area contributed by atoms with E-state index in [9.17, 15) is 32.1 Å². The number of phosphoric ester groups is 1. The molecule has 10 nitrogen and oxygen atoms in total. The molecule has 3 atom stereocenters. The Morgan fingerprint density at radius 3 is 1.05 bits per heavy atom. The Morgan fingerprint density at radius 1 is 0.545 bits per heavy atom. The zero-order valence-electron chi connectivity index (χ0n) is 24.1. The highest BCUT2D eigenvalue weighted by Gasteiger charge is 2.59. The third-order valence-electron chi connectivity index (χ3n) is 8.00. The van der Waals surface area contributed by atoms with Crippen LogP contribution in [0.4, 0.5) is 13.2 Å². The summed E-state index contributed by atoms with van der Waals surface area (Å²) in [6.45, 7) is 7.59. The van der Waals surface area contributed by atoms with Crippen LogP contribution in [0.5, 0.6) is 0 Å². The van der Waals surface area contributed by atoms with E-state index in [1.165, 1.54) is 59.7 Å². The van der Waals surface area contributed by atoms with Crippen LogP contribution in [-0.2, 0) is 49.7 Å². The second kappa shape index (κ2) is 9.48. The summed E-state index contributed by atoms with van der Waals surface area (Å²) in [5.74, 6) is -11.9. The third-order valence-corrected chi connectivity index (χ3v) is 9.71. The van der Waals surface area contributed by atoms with Gasteiger partial charge in [0.05, 0.1) is 16.7 Å². The van der Waals surface area contributed by atoms with Gasteiger partial charge in [0.2, 0.25) is 17.4 Å². The minimum Gasteiger partial charge on any atom is -0.425 e. The van der Waals surface area contributed by atoms with Gasteiger partial charge in [0, 0.05) is 37.5 Å². The Kier molecular flexibility index (Phi) is 6.47. The quantitative estimate of drug-likeness (QED) is 0.166. The number of cyclic esters (lactones) is 3. The van der Waals surface area contributed by atoms with Crippen LogP contribution in [0.1, 0.15) is 85.2 Å². The number of benzene rings is 3. The van der Waals surface area contributed by atoms with Crippen LogP contribution in [0.3, 0.4) is 0 Å². The molecule has 0 amide bonds. The lowest BCUT2D eigenvalue weighted by atomic mass is 9.99. The van der Waals surface area contributed by atoms with E-state index in [0.29, 0.717) is 0 Å². The molecule has 3 unspecified atom stereocenters. The van der Waals surface area contributed by atoms with Crippen LogP contribution >= 0.6 is 7.82 Å². The van der Waals surface area contributed by atoms with Gasteiger partial charge in [-0.2, -0.15) is 0 Å². The van der Waals surface area contributed by atoms with Gasteiger partial charge in [-0.15, -0.1) is 0 Å². The van der Waals surface area contributed by atoms with Gasteiger partial charge in [0.15, 0.2) is 0 Å². The highest BCUT2D eigenvalue weighted by molar-refractivity contribution is 7.48. The summed E-state index contributed by atoms with van der Waals surface area (Å²) in [6, 6.07) is 6.70. The van der Waals surface area contributed by atoms with Crippen molar-refractivity contribution in [1.82, 2.24) is 0 Å². The number of fused-ring (bicyclic) bond motifs is 3. The van der Waals surface area contributed by atoms with Crippen LogP contribution < -0.4 is 0 Å². The molecule has 230 valence electrons. The number of rotatable bonds is 6. The largest absolute Gasteiger partial charge is 0.485 e. The van der Waals surface area contributed by atoms with Crippen molar-refractivity contribution in [2.75, 3.05) is 0 Å². The molecule has 3 aliphatic rings. The van der Waals surface area contributed by atoms with Crippen molar-refractivity contribution >= 4 is 25.7 Å². The van der Waals surface area contributed by atoms with Crippen LogP contribution in [0.2, 0.25) is 0 Å². The van der Waals surface area contributed by atoms with E-state index in [1.54, 1.807) is 0 Å². The summed E-state index contributed by atoms with van der Waals surface area (Å²) in [5.41, 5.74) is -0.877. The van der Waals surface area contributed by atoms with E-state index >= 15 is 0 Å². The Labute approximate surface area is 248 Å². The molecule has 3 aromatic carbocycles. The number of halogens is 3. The highest BCUT2D eigenvalue weighted by Crippen LogP contribution is 2.65. The highest BCUT2D eigenvalue weighted by atomic mass is 31.2. The maximum atomic E-state index is 14.8. The zero-order chi connectivity index (χ0) is 32.1. The molecule has 0 saturated carbocycles. The number of phosphoric acid groups is 1. The number of hydrogen-bond donors (Lipinski definition) is 0. The first-order valence-corrected chi connectivity index (χ1v) is 14.7. The molecule has 0 N–H and O–H groups in total. The summed E-state index contributed by atoms with van der Waals surface area (Å²) in [6.07, 6.45) is 0. The zero-order valence-corrected chi connectivity index (χ0v) is 25.0. The predicted octanol–water partition coefficient (Wildman–Crippen LogP) is 6.62. The second-order valence-electron chi connectivity index (χ2n) is 11.0. The number of ether oxygens (including phenoxy) is 3. The molecule has 3 aromatic rings. The number of hydrogen-bond acceptors (Lipinski definition) is 10. The smallest absolute Gasteiger partial charge is 0.425 e. The average Bonchev–Trinajstić information content (AvgIpc) is 3.42. The van der Waals surface area contributed by atoms with Crippen molar-refractivity contribution in [1.29, 1.82) is 0 Å². The molecular weight excluding hydrogens is 608 g/mol. The Morgan fingerprint density at radius 2 is 0.795 bits per heavy atom. The lowest BCUT2D eigenvalue weighted by molar-refractivity contribution is -0.210. The maximum Gasteiger partial charge on any atom is 0.485 e. The molecule has 14 heteroatoms. The second-order valence-corrected chi connectivity index (χ2v) is 12.5. The van der Waals surface area contributed by atoms with E-state index in [-0.39, 0.29) is 50.1 Å². The van der Waals surface area contributed by atoms with Crippen molar-refractivity contribution in [2.24, 2.45) is 0 Å². The van der Waals surface area contributed by atoms with Gasteiger partial charge >= 0.3 is 25.7 Å². The van der Waals surface area contributed by atoms with Gasteiger partial charge in [-0.25, -0.2) is 45.7 Å². The first kappa shape index (κ1) is 30.0.